The molecule has 2 heterocycles. The van der Waals surface area contributed by atoms with Gasteiger partial charge in [0, 0.05) is 6.04 Å². The van der Waals surface area contributed by atoms with E-state index in [0.29, 0.717) is 18.7 Å². The van der Waals surface area contributed by atoms with Crippen LogP contribution in [0.2, 0.25) is 0 Å². The Morgan fingerprint density at radius 2 is 2.00 bits per heavy atom. The van der Waals surface area contributed by atoms with Crippen molar-refractivity contribution in [2.45, 2.75) is 51.2 Å². The molecule has 1 saturated carbocycles. The van der Waals surface area contributed by atoms with Crippen LogP contribution in [0.4, 0.5) is 0 Å². The topological polar surface area (TPSA) is 56.1 Å². The summed E-state index contributed by atoms with van der Waals surface area (Å²) >= 11 is 0. The SMILES string of the molecule is CCOc1ccc(C2CCCN2Cc2nnnn2C2CC2)cc1. The lowest BCUT2D eigenvalue weighted by atomic mass is 10.0. The number of aromatic nitrogens is 4. The molecule has 2 aromatic rings. The molecular weight excluding hydrogens is 290 g/mol. The van der Waals surface area contributed by atoms with Crippen LogP contribution in [0.15, 0.2) is 24.3 Å². The van der Waals surface area contributed by atoms with E-state index >= 15 is 0 Å². The predicted octanol–water partition coefficient (Wildman–Crippen LogP) is 2.74. The van der Waals surface area contributed by atoms with Crippen molar-refractivity contribution in [2.75, 3.05) is 13.2 Å². The van der Waals surface area contributed by atoms with E-state index in [1.165, 1.54) is 31.2 Å². The maximum atomic E-state index is 5.54. The highest BCUT2D eigenvalue weighted by molar-refractivity contribution is 5.29. The van der Waals surface area contributed by atoms with Crippen molar-refractivity contribution in [3.05, 3.63) is 35.7 Å². The van der Waals surface area contributed by atoms with E-state index in [1.54, 1.807) is 0 Å². The van der Waals surface area contributed by atoms with E-state index < -0.39 is 0 Å². The molecule has 0 spiro atoms. The molecule has 6 nitrogen and oxygen atoms in total. The molecule has 1 saturated heterocycles. The van der Waals surface area contributed by atoms with Gasteiger partial charge >= 0.3 is 0 Å². The molecule has 0 amide bonds. The Morgan fingerprint density at radius 1 is 1.17 bits per heavy atom. The zero-order chi connectivity index (χ0) is 15.6. The smallest absolute Gasteiger partial charge is 0.165 e. The molecule has 1 aromatic heterocycles. The van der Waals surface area contributed by atoms with Gasteiger partial charge in [-0.1, -0.05) is 12.1 Å². The largest absolute Gasteiger partial charge is 0.494 e. The standard InChI is InChI=1S/C17H23N5O/c1-2-23-15-9-5-13(6-10-15)16-4-3-11-21(16)12-17-18-19-20-22(17)14-7-8-14/h5-6,9-10,14,16H,2-4,7-8,11-12H2,1H3. The summed E-state index contributed by atoms with van der Waals surface area (Å²) in [4.78, 5) is 2.50. The fourth-order valence-corrected chi connectivity index (χ4v) is 3.45. The highest BCUT2D eigenvalue weighted by Gasteiger charge is 2.31. The quantitative estimate of drug-likeness (QED) is 0.821. The average Bonchev–Trinajstić information content (AvgIpc) is 3.13. The Morgan fingerprint density at radius 3 is 2.74 bits per heavy atom. The van der Waals surface area contributed by atoms with Crippen molar-refractivity contribution in [3.8, 4) is 5.75 Å². The lowest BCUT2D eigenvalue weighted by Gasteiger charge is -2.24. The Hall–Kier alpha value is -1.95. The Labute approximate surface area is 136 Å². The van der Waals surface area contributed by atoms with Crippen LogP contribution in [0, 0.1) is 0 Å². The third kappa shape index (κ3) is 3.08. The van der Waals surface area contributed by atoms with E-state index in [0.717, 1.165) is 24.7 Å². The van der Waals surface area contributed by atoms with Gasteiger partial charge in [0.2, 0.25) is 0 Å². The number of hydrogen-bond acceptors (Lipinski definition) is 5. The van der Waals surface area contributed by atoms with Crippen LogP contribution in [0.5, 0.6) is 5.75 Å². The fraction of sp³-hybridized carbons (Fsp3) is 0.588. The van der Waals surface area contributed by atoms with Crippen molar-refractivity contribution in [2.24, 2.45) is 0 Å². The number of ether oxygens (including phenoxy) is 1. The molecule has 1 aliphatic heterocycles. The van der Waals surface area contributed by atoms with Crippen molar-refractivity contribution in [1.82, 2.24) is 25.1 Å². The molecule has 0 N–H and O–H groups in total. The van der Waals surface area contributed by atoms with Crippen molar-refractivity contribution in [1.29, 1.82) is 0 Å². The number of benzene rings is 1. The van der Waals surface area contributed by atoms with Crippen LogP contribution >= 0.6 is 0 Å². The second-order valence-corrected chi connectivity index (χ2v) is 6.40. The van der Waals surface area contributed by atoms with E-state index in [1.807, 2.05) is 11.6 Å². The first kappa shape index (κ1) is 14.6. The van der Waals surface area contributed by atoms with Crippen LogP contribution in [0.25, 0.3) is 0 Å². The van der Waals surface area contributed by atoms with Crippen molar-refractivity contribution < 1.29 is 4.74 Å². The Balaban J connectivity index is 1.48. The third-order valence-corrected chi connectivity index (χ3v) is 4.74. The minimum absolute atomic E-state index is 0.454. The number of rotatable bonds is 6. The van der Waals surface area contributed by atoms with Gasteiger partial charge in [-0.05, 0) is 67.3 Å². The minimum atomic E-state index is 0.454. The van der Waals surface area contributed by atoms with Gasteiger partial charge in [0.1, 0.15) is 5.75 Å². The molecule has 2 aliphatic rings. The summed E-state index contributed by atoms with van der Waals surface area (Å²) in [5.74, 6) is 1.95. The number of hydrogen-bond donors (Lipinski definition) is 0. The molecule has 6 heteroatoms. The molecule has 0 bridgehead atoms. The second kappa shape index (κ2) is 6.28. The van der Waals surface area contributed by atoms with Crippen LogP contribution in [0.3, 0.4) is 0 Å². The Bertz CT molecular complexity index is 649. The van der Waals surface area contributed by atoms with E-state index in [2.05, 4.69) is 44.7 Å². The average molecular weight is 313 g/mol. The number of nitrogens with zero attached hydrogens (tertiary/aromatic N) is 5. The normalized spacial score (nSPS) is 21.7. The predicted molar refractivity (Wildman–Crippen MR) is 86.1 cm³/mol. The van der Waals surface area contributed by atoms with Gasteiger partial charge < -0.3 is 4.74 Å². The highest BCUT2D eigenvalue weighted by atomic mass is 16.5. The van der Waals surface area contributed by atoms with Crippen LogP contribution in [-0.4, -0.2) is 38.3 Å². The number of tetrazole rings is 1. The molecular formula is C17H23N5O. The molecule has 1 atom stereocenters. The summed E-state index contributed by atoms with van der Waals surface area (Å²) in [5.41, 5.74) is 1.36. The van der Waals surface area contributed by atoms with Crippen LogP contribution in [-0.2, 0) is 6.54 Å². The summed E-state index contributed by atoms with van der Waals surface area (Å²) in [7, 11) is 0. The summed E-state index contributed by atoms with van der Waals surface area (Å²) in [6.07, 6.45) is 4.84. The summed E-state index contributed by atoms with van der Waals surface area (Å²) in [5, 5.41) is 12.3. The van der Waals surface area contributed by atoms with E-state index in [9.17, 15) is 0 Å². The third-order valence-electron chi connectivity index (χ3n) is 4.74. The maximum Gasteiger partial charge on any atom is 0.165 e. The fourth-order valence-electron chi connectivity index (χ4n) is 3.45. The van der Waals surface area contributed by atoms with Crippen molar-refractivity contribution in [3.63, 3.8) is 0 Å². The van der Waals surface area contributed by atoms with Gasteiger partial charge in [0.25, 0.3) is 0 Å². The van der Waals surface area contributed by atoms with E-state index in [4.69, 9.17) is 4.74 Å². The molecule has 23 heavy (non-hydrogen) atoms. The van der Waals surface area contributed by atoms with Gasteiger partial charge in [0.05, 0.1) is 19.2 Å². The lowest BCUT2D eigenvalue weighted by molar-refractivity contribution is 0.237. The minimum Gasteiger partial charge on any atom is -0.494 e. The molecule has 1 aliphatic carbocycles. The summed E-state index contributed by atoms with van der Waals surface area (Å²) in [6.45, 7) is 4.66. The van der Waals surface area contributed by atoms with Crippen LogP contribution in [0.1, 0.15) is 56.1 Å². The summed E-state index contributed by atoms with van der Waals surface area (Å²) in [6, 6.07) is 9.52. The first-order valence-corrected chi connectivity index (χ1v) is 8.58. The molecule has 0 radical (unpaired) electrons. The zero-order valence-corrected chi connectivity index (χ0v) is 13.6. The Kier molecular flexibility index (Phi) is 3.99. The molecule has 122 valence electrons. The van der Waals surface area contributed by atoms with Crippen LogP contribution < -0.4 is 4.74 Å². The maximum absolute atomic E-state index is 5.54. The molecule has 4 rings (SSSR count). The monoisotopic (exact) mass is 313 g/mol. The molecule has 1 unspecified atom stereocenters. The van der Waals surface area contributed by atoms with Gasteiger partial charge in [0.15, 0.2) is 5.82 Å². The van der Waals surface area contributed by atoms with Gasteiger partial charge in [-0.25, -0.2) is 4.68 Å². The molecule has 2 fully saturated rings. The van der Waals surface area contributed by atoms with Gasteiger partial charge in [-0.15, -0.1) is 5.10 Å². The zero-order valence-electron chi connectivity index (χ0n) is 13.6. The molecule has 1 aromatic carbocycles. The van der Waals surface area contributed by atoms with Crippen molar-refractivity contribution >= 4 is 0 Å². The highest BCUT2D eigenvalue weighted by Crippen LogP contribution is 2.37. The first-order chi connectivity index (χ1) is 11.3. The van der Waals surface area contributed by atoms with Gasteiger partial charge in [-0.3, -0.25) is 4.90 Å². The van der Waals surface area contributed by atoms with E-state index in [-0.39, 0.29) is 0 Å². The van der Waals surface area contributed by atoms with Gasteiger partial charge in [-0.2, -0.15) is 0 Å². The first-order valence-electron chi connectivity index (χ1n) is 8.58. The second-order valence-electron chi connectivity index (χ2n) is 6.40. The summed E-state index contributed by atoms with van der Waals surface area (Å²) < 4.78 is 7.56. The number of likely N-dealkylation sites (tertiary alicyclic amines) is 1. The lowest BCUT2D eigenvalue weighted by Crippen LogP contribution is -2.25.